The summed E-state index contributed by atoms with van der Waals surface area (Å²) in [5, 5.41) is 19.3. The van der Waals surface area contributed by atoms with Crippen LogP contribution in [0, 0.1) is 13.8 Å². The van der Waals surface area contributed by atoms with Crippen molar-refractivity contribution in [2.24, 2.45) is 10.2 Å². The summed E-state index contributed by atoms with van der Waals surface area (Å²) in [5.41, 5.74) is 3.06. The fraction of sp³-hybridized carbons (Fsp3) is 0.111. The molecule has 0 unspecified atom stereocenters. The molecular formula is C18H15N2NaO4S. The number of azo groups is 1. The fourth-order valence-corrected chi connectivity index (χ4v) is 2.94. The number of hydrogen-bond acceptors (Lipinski definition) is 6. The van der Waals surface area contributed by atoms with Gasteiger partial charge in [-0.15, -0.1) is 5.11 Å². The Balaban J connectivity index is 0.00000243. The second-order valence-electron chi connectivity index (χ2n) is 5.74. The molecule has 3 aromatic carbocycles. The first-order chi connectivity index (χ1) is 11.8. The van der Waals surface area contributed by atoms with E-state index in [9.17, 15) is 18.1 Å². The van der Waals surface area contributed by atoms with E-state index in [0.717, 1.165) is 11.1 Å². The smallest absolute Gasteiger partial charge is 0.744 e. The topological polar surface area (TPSA) is 102 Å². The fourth-order valence-electron chi connectivity index (χ4n) is 2.44. The van der Waals surface area contributed by atoms with Gasteiger partial charge in [-0.1, -0.05) is 18.2 Å². The van der Waals surface area contributed by atoms with Crippen molar-refractivity contribution in [3.05, 3.63) is 59.7 Å². The summed E-state index contributed by atoms with van der Waals surface area (Å²) in [6, 6.07) is 12.4. The Bertz CT molecular complexity index is 1110. The van der Waals surface area contributed by atoms with Crippen LogP contribution in [0.1, 0.15) is 11.1 Å². The van der Waals surface area contributed by atoms with Crippen LogP contribution in [-0.4, -0.2) is 18.1 Å². The van der Waals surface area contributed by atoms with E-state index in [4.69, 9.17) is 0 Å². The molecule has 6 nitrogen and oxygen atoms in total. The van der Waals surface area contributed by atoms with Crippen molar-refractivity contribution in [3.8, 4) is 5.75 Å². The third kappa shape index (κ3) is 4.31. The van der Waals surface area contributed by atoms with Gasteiger partial charge >= 0.3 is 29.6 Å². The third-order valence-corrected chi connectivity index (χ3v) is 4.82. The van der Waals surface area contributed by atoms with Gasteiger partial charge in [-0.25, -0.2) is 8.42 Å². The van der Waals surface area contributed by atoms with Crippen LogP contribution >= 0.6 is 0 Å². The van der Waals surface area contributed by atoms with Crippen molar-refractivity contribution < 1.29 is 47.6 Å². The van der Waals surface area contributed by atoms with Gasteiger partial charge in [-0.2, -0.15) is 5.11 Å². The molecule has 3 rings (SSSR count). The van der Waals surface area contributed by atoms with Crippen molar-refractivity contribution in [3.63, 3.8) is 0 Å². The van der Waals surface area contributed by atoms with Crippen molar-refractivity contribution >= 4 is 32.3 Å². The zero-order valence-corrected chi connectivity index (χ0v) is 17.4. The Morgan fingerprint density at radius 2 is 1.65 bits per heavy atom. The maximum Gasteiger partial charge on any atom is 1.00 e. The Morgan fingerprint density at radius 1 is 0.923 bits per heavy atom. The van der Waals surface area contributed by atoms with E-state index in [-0.39, 0.29) is 45.9 Å². The second kappa shape index (κ2) is 7.85. The number of aryl methyl sites for hydroxylation is 2. The van der Waals surface area contributed by atoms with Gasteiger partial charge in [0.1, 0.15) is 21.6 Å². The molecule has 0 heterocycles. The molecule has 0 aliphatic rings. The van der Waals surface area contributed by atoms with Crippen LogP contribution in [0.5, 0.6) is 5.75 Å². The maximum atomic E-state index is 11.2. The molecule has 26 heavy (non-hydrogen) atoms. The van der Waals surface area contributed by atoms with Crippen LogP contribution in [0.15, 0.2) is 63.7 Å². The van der Waals surface area contributed by atoms with Crippen molar-refractivity contribution in [1.29, 1.82) is 0 Å². The molecule has 0 aliphatic heterocycles. The SMILES string of the molecule is C[13c]1[13cH][13cH][13c](N=Nc2c(O)ccc3cc(S(=O)(=O)[O-])ccc23)[13cH][13c]1C.[Na+]. The van der Waals surface area contributed by atoms with Crippen molar-refractivity contribution in [1.82, 2.24) is 0 Å². The first kappa shape index (κ1) is 20.5. The number of phenolic OH excluding ortho intramolecular Hbond substituents is 1. The van der Waals surface area contributed by atoms with Crippen LogP contribution in [0.3, 0.4) is 0 Å². The van der Waals surface area contributed by atoms with E-state index >= 15 is 0 Å². The predicted molar refractivity (Wildman–Crippen MR) is 93.7 cm³/mol. The van der Waals surface area contributed by atoms with Gasteiger partial charge in [0.05, 0.1) is 10.6 Å². The van der Waals surface area contributed by atoms with E-state index < -0.39 is 10.1 Å². The molecule has 0 saturated heterocycles. The largest absolute Gasteiger partial charge is 1.00 e. The van der Waals surface area contributed by atoms with Gasteiger partial charge < -0.3 is 9.66 Å². The second-order valence-corrected chi connectivity index (χ2v) is 7.12. The molecule has 0 spiro atoms. The average molecular weight is 384 g/mol. The average Bonchev–Trinajstić information content (AvgIpc) is 2.55. The van der Waals surface area contributed by atoms with E-state index in [1.807, 2.05) is 32.0 Å². The van der Waals surface area contributed by atoms with Gasteiger partial charge in [0.15, 0.2) is 0 Å². The minimum Gasteiger partial charge on any atom is -0.744 e. The van der Waals surface area contributed by atoms with Crippen LogP contribution < -0.4 is 29.6 Å². The van der Waals surface area contributed by atoms with Gasteiger partial charge in [0.25, 0.3) is 0 Å². The molecule has 0 saturated carbocycles. The Morgan fingerprint density at radius 3 is 2.31 bits per heavy atom. The van der Waals surface area contributed by atoms with Gasteiger partial charge in [-0.05, 0) is 60.7 Å². The van der Waals surface area contributed by atoms with E-state index in [1.165, 1.54) is 30.3 Å². The summed E-state index contributed by atoms with van der Waals surface area (Å²) >= 11 is 0. The van der Waals surface area contributed by atoms with E-state index in [2.05, 4.69) is 10.2 Å². The zero-order valence-electron chi connectivity index (χ0n) is 14.6. The van der Waals surface area contributed by atoms with Gasteiger partial charge in [-0.3, -0.25) is 0 Å². The molecule has 0 aliphatic carbocycles. The molecule has 0 bridgehead atoms. The summed E-state index contributed by atoms with van der Waals surface area (Å²) in [7, 11) is -4.55. The molecule has 1 N–H and O–H groups in total. The Hall–Kier alpha value is -1.77. The first-order valence-electron chi connectivity index (χ1n) is 7.46. The van der Waals surface area contributed by atoms with Crippen LogP contribution in [-0.2, 0) is 10.1 Å². The van der Waals surface area contributed by atoms with Crippen LogP contribution in [0.25, 0.3) is 10.8 Å². The number of aromatic hydroxyl groups is 1. The molecule has 0 aromatic heterocycles. The third-order valence-electron chi connectivity index (χ3n) is 3.99. The summed E-state index contributed by atoms with van der Waals surface area (Å²) in [5.74, 6) is -0.0854. The molecule has 0 radical (unpaired) electrons. The number of nitrogens with zero attached hydrogens (tertiary/aromatic N) is 2. The Kier molecular flexibility index (Phi) is 6.21. The summed E-state index contributed by atoms with van der Waals surface area (Å²) in [6.07, 6.45) is 0. The number of phenols is 1. The standard InChI is InChI=1S/C18H16N2O4S.Na/c1-11-3-5-14(9-12(11)2)19-20-18-16-7-6-15(25(22,23)24)10-13(16)4-8-17(18)21;/h3-10,21H,1-2H3,(H,22,23,24);/q;+1/p-1/i3+1,5+1,9+1,11+1,12+1,14+1;. The number of hydrogen-bond donors (Lipinski definition) is 1. The molecule has 128 valence electrons. The molecule has 0 atom stereocenters. The monoisotopic (exact) mass is 384 g/mol. The molecular weight excluding hydrogens is 369 g/mol. The normalized spacial score (nSPS) is 11.7. The van der Waals surface area contributed by atoms with Crippen LogP contribution in [0.4, 0.5) is 11.4 Å². The quantitative estimate of drug-likeness (QED) is 0.420. The zero-order chi connectivity index (χ0) is 18.2. The molecule has 3 aromatic rings. The minimum atomic E-state index is -4.55. The summed E-state index contributed by atoms with van der Waals surface area (Å²) in [4.78, 5) is -0.331. The summed E-state index contributed by atoms with van der Waals surface area (Å²) < 4.78 is 33.5. The van der Waals surface area contributed by atoms with Crippen molar-refractivity contribution in [2.75, 3.05) is 0 Å². The van der Waals surface area contributed by atoms with Gasteiger partial charge in [0.2, 0.25) is 0 Å². The van der Waals surface area contributed by atoms with Gasteiger partial charge in [0, 0.05) is 5.39 Å². The van der Waals surface area contributed by atoms with Crippen LogP contribution in [0.2, 0.25) is 0 Å². The van der Waals surface area contributed by atoms with Crippen molar-refractivity contribution in [2.45, 2.75) is 18.7 Å². The van der Waals surface area contributed by atoms with E-state index in [0.29, 0.717) is 16.5 Å². The number of benzene rings is 3. The molecule has 0 fully saturated rings. The number of rotatable bonds is 3. The minimum absolute atomic E-state index is 0. The number of fused-ring (bicyclic) bond motifs is 1. The maximum absolute atomic E-state index is 11.2. The summed E-state index contributed by atoms with van der Waals surface area (Å²) in [6.45, 7) is 3.96. The molecule has 0 amide bonds. The first-order valence-corrected chi connectivity index (χ1v) is 8.87. The van der Waals surface area contributed by atoms with E-state index in [1.54, 1.807) is 0 Å². The molecule has 8 heteroatoms. The predicted octanol–water partition coefficient (Wildman–Crippen LogP) is 1.49. The Labute approximate surface area is 173 Å².